The molecule has 0 saturated carbocycles. The van der Waals surface area contributed by atoms with E-state index >= 15 is 0 Å². The third-order valence-electron chi connectivity index (χ3n) is 1.09. The van der Waals surface area contributed by atoms with Gasteiger partial charge in [-0.2, -0.15) is 0 Å². The summed E-state index contributed by atoms with van der Waals surface area (Å²) in [7, 11) is 0. The zero-order valence-corrected chi connectivity index (χ0v) is 8.01. The van der Waals surface area contributed by atoms with Crippen LogP contribution in [0.25, 0.3) is 0 Å². The van der Waals surface area contributed by atoms with Gasteiger partial charge in [0.1, 0.15) is 0 Å². The Hall–Kier alpha value is -0.320. The Bertz CT molecular complexity index is 266. The van der Waals surface area contributed by atoms with Gasteiger partial charge in [-0.1, -0.05) is 6.07 Å². The number of thiazole rings is 1. The summed E-state index contributed by atoms with van der Waals surface area (Å²) < 4.78 is 2.42. The van der Waals surface area contributed by atoms with Crippen molar-refractivity contribution >= 4 is 34.4 Å². The molecule has 0 N–H and O–H groups in total. The van der Waals surface area contributed by atoms with E-state index in [9.17, 15) is 0 Å². The van der Waals surface area contributed by atoms with Crippen molar-refractivity contribution in [1.29, 1.82) is 0 Å². The van der Waals surface area contributed by atoms with E-state index in [-0.39, 0.29) is 0 Å². The maximum Gasteiger partial charge on any atom is 0.155 e. The minimum Gasteiger partial charge on any atom is -0.238 e. The maximum absolute atomic E-state index is 4.18. The molecule has 2 heterocycles. The molecule has 1 nitrogen and oxygen atoms in total. The fourth-order valence-electron chi connectivity index (χ4n) is 0.668. The molecule has 11 heavy (non-hydrogen) atoms. The Morgan fingerprint density at radius 1 is 1.27 bits per heavy atom. The van der Waals surface area contributed by atoms with Crippen molar-refractivity contribution in [2.24, 2.45) is 0 Å². The quantitative estimate of drug-likeness (QED) is 0.735. The van der Waals surface area contributed by atoms with Gasteiger partial charge >= 0.3 is 0 Å². The van der Waals surface area contributed by atoms with Gasteiger partial charge < -0.3 is 0 Å². The van der Waals surface area contributed by atoms with E-state index in [0.717, 1.165) is 4.34 Å². The molecule has 4 heteroatoms. The van der Waals surface area contributed by atoms with Gasteiger partial charge in [0.15, 0.2) is 4.34 Å². The molecule has 56 valence electrons. The predicted octanol–water partition coefficient (Wildman–Crippen LogP) is 3.36. The lowest BCUT2D eigenvalue weighted by atomic mass is 10.7. The Kier molecular flexibility index (Phi) is 2.26. The minimum atomic E-state index is 1.12. The van der Waals surface area contributed by atoms with Gasteiger partial charge in [0, 0.05) is 11.6 Å². The highest BCUT2D eigenvalue weighted by Crippen LogP contribution is 2.31. The number of nitrogens with zero attached hydrogens (tertiary/aromatic N) is 1. The van der Waals surface area contributed by atoms with Crippen LogP contribution in [0.5, 0.6) is 0 Å². The largest absolute Gasteiger partial charge is 0.238 e. The summed E-state index contributed by atoms with van der Waals surface area (Å²) in [6.45, 7) is 0. The van der Waals surface area contributed by atoms with Gasteiger partial charge in [-0.15, -0.1) is 22.7 Å². The third kappa shape index (κ3) is 1.83. The Labute approximate surface area is 77.1 Å². The lowest BCUT2D eigenvalue weighted by Gasteiger charge is -1.88. The van der Waals surface area contributed by atoms with E-state index < -0.39 is 0 Å². The summed E-state index contributed by atoms with van der Waals surface area (Å²) in [5, 5.41) is 4.08. The Balaban J connectivity index is 2.14. The SMILES string of the molecule is c1csc(Sc2nccs2)c1. The Morgan fingerprint density at radius 2 is 2.27 bits per heavy atom. The van der Waals surface area contributed by atoms with Crippen molar-refractivity contribution in [3.05, 3.63) is 29.1 Å². The van der Waals surface area contributed by atoms with E-state index in [1.807, 2.05) is 11.6 Å². The van der Waals surface area contributed by atoms with Crippen molar-refractivity contribution in [3.8, 4) is 0 Å². The molecule has 0 aliphatic rings. The second kappa shape index (κ2) is 3.38. The first-order valence-corrected chi connectivity index (χ1v) is 5.63. The van der Waals surface area contributed by atoms with Crippen molar-refractivity contribution in [2.75, 3.05) is 0 Å². The zero-order chi connectivity index (χ0) is 7.52. The molecule has 0 unspecified atom stereocenters. The number of rotatable bonds is 2. The smallest absolute Gasteiger partial charge is 0.155 e. The van der Waals surface area contributed by atoms with Crippen LogP contribution in [0.15, 0.2) is 37.6 Å². The molecular formula is C7H5NS3. The first kappa shape index (κ1) is 7.34. The number of thiophene rings is 1. The summed E-state index contributed by atoms with van der Waals surface area (Å²) >= 11 is 5.16. The molecule has 0 aromatic carbocycles. The average Bonchev–Trinajstić information content (AvgIpc) is 2.60. The number of aromatic nitrogens is 1. The van der Waals surface area contributed by atoms with E-state index in [1.54, 1.807) is 34.4 Å². The summed E-state index contributed by atoms with van der Waals surface area (Å²) in [4.78, 5) is 4.18. The first-order chi connectivity index (χ1) is 5.45. The maximum atomic E-state index is 4.18. The van der Waals surface area contributed by atoms with Crippen molar-refractivity contribution < 1.29 is 0 Å². The van der Waals surface area contributed by atoms with Crippen LogP contribution in [0, 0.1) is 0 Å². The highest BCUT2D eigenvalue weighted by Gasteiger charge is 1.98. The third-order valence-corrected chi connectivity index (χ3v) is 4.01. The van der Waals surface area contributed by atoms with Crippen molar-refractivity contribution in [1.82, 2.24) is 4.98 Å². The van der Waals surface area contributed by atoms with Gasteiger partial charge in [-0.25, -0.2) is 4.98 Å². The second-order valence-electron chi connectivity index (χ2n) is 1.83. The molecule has 2 aromatic heterocycles. The van der Waals surface area contributed by atoms with Gasteiger partial charge in [0.25, 0.3) is 0 Å². The number of hydrogen-bond acceptors (Lipinski definition) is 4. The van der Waals surface area contributed by atoms with Gasteiger partial charge in [0.2, 0.25) is 0 Å². The zero-order valence-electron chi connectivity index (χ0n) is 5.56. The van der Waals surface area contributed by atoms with E-state index in [4.69, 9.17) is 0 Å². The normalized spacial score (nSPS) is 10.2. The van der Waals surface area contributed by atoms with Crippen LogP contribution in [0.4, 0.5) is 0 Å². The lowest BCUT2D eigenvalue weighted by Crippen LogP contribution is -1.61. The minimum absolute atomic E-state index is 1.12. The van der Waals surface area contributed by atoms with E-state index in [1.165, 1.54) is 4.21 Å². The van der Waals surface area contributed by atoms with E-state index in [0.29, 0.717) is 0 Å². The van der Waals surface area contributed by atoms with Crippen LogP contribution >= 0.6 is 34.4 Å². The summed E-state index contributed by atoms with van der Waals surface area (Å²) in [5.74, 6) is 0. The highest BCUT2D eigenvalue weighted by molar-refractivity contribution is 8.02. The van der Waals surface area contributed by atoms with Crippen LogP contribution in [0.2, 0.25) is 0 Å². The molecule has 0 atom stereocenters. The highest BCUT2D eigenvalue weighted by atomic mass is 32.2. The molecule has 0 fully saturated rings. The molecule has 0 bridgehead atoms. The second-order valence-corrected chi connectivity index (χ2v) is 5.22. The van der Waals surface area contributed by atoms with Crippen LogP contribution in [0.3, 0.4) is 0 Å². The van der Waals surface area contributed by atoms with E-state index in [2.05, 4.69) is 22.5 Å². The Morgan fingerprint density at radius 3 is 2.91 bits per heavy atom. The van der Waals surface area contributed by atoms with Gasteiger partial charge in [0.05, 0.1) is 4.21 Å². The molecule has 0 aliphatic heterocycles. The lowest BCUT2D eigenvalue weighted by molar-refractivity contribution is 1.25. The predicted molar refractivity (Wildman–Crippen MR) is 50.6 cm³/mol. The molecular weight excluding hydrogens is 194 g/mol. The number of hydrogen-bond donors (Lipinski definition) is 0. The molecule has 0 saturated heterocycles. The van der Waals surface area contributed by atoms with Gasteiger partial charge in [-0.05, 0) is 23.2 Å². The fourth-order valence-corrected chi connectivity index (χ4v) is 3.29. The molecule has 2 aromatic rings. The molecule has 2 rings (SSSR count). The van der Waals surface area contributed by atoms with Crippen LogP contribution in [-0.4, -0.2) is 4.98 Å². The molecule has 0 amide bonds. The molecule has 0 radical (unpaired) electrons. The summed E-state index contributed by atoms with van der Waals surface area (Å²) in [6, 6.07) is 4.16. The van der Waals surface area contributed by atoms with Crippen molar-refractivity contribution in [2.45, 2.75) is 8.55 Å². The summed E-state index contributed by atoms with van der Waals surface area (Å²) in [5.41, 5.74) is 0. The topological polar surface area (TPSA) is 12.9 Å². The monoisotopic (exact) mass is 199 g/mol. The van der Waals surface area contributed by atoms with Crippen LogP contribution in [-0.2, 0) is 0 Å². The fraction of sp³-hybridized carbons (Fsp3) is 0. The van der Waals surface area contributed by atoms with Gasteiger partial charge in [-0.3, -0.25) is 0 Å². The summed E-state index contributed by atoms with van der Waals surface area (Å²) in [6.07, 6.45) is 1.83. The van der Waals surface area contributed by atoms with Crippen molar-refractivity contribution in [3.63, 3.8) is 0 Å². The standard InChI is InChI=1S/C7H5NS3/c1-2-6(9-4-1)11-7-8-3-5-10-7/h1-5H. The average molecular weight is 199 g/mol. The van der Waals surface area contributed by atoms with Crippen LogP contribution in [0.1, 0.15) is 0 Å². The molecule has 0 spiro atoms. The molecule has 0 aliphatic carbocycles. The van der Waals surface area contributed by atoms with Crippen LogP contribution < -0.4 is 0 Å². The first-order valence-electron chi connectivity index (χ1n) is 3.06.